The van der Waals surface area contributed by atoms with Crippen LogP contribution in [0.1, 0.15) is 29.6 Å². The monoisotopic (exact) mass is 532 g/mol. The first-order valence-corrected chi connectivity index (χ1v) is 9.95. The predicted molar refractivity (Wildman–Crippen MR) is 109 cm³/mol. The molecular formula is C19H18BrIO5. The predicted octanol–water partition coefficient (Wildman–Crippen LogP) is 4.21. The van der Waals surface area contributed by atoms with Crippen molar-refractivity contribution in [3.8, 4) is 11.5 Å². The van der Waals surface area contributed by atoms with E-state index in [-0.39, 0.29) is 24.9 Å². The summed E-state index contributed by atoms with van der Waals surface area (Å²) in [6.07, 6.45) is -0.191. The van der Waals surface area contributed by atoms with Gasteiger partial charge in [0, 0.05) is 22.0 Å². The minimum absolute atomic E-state index is 0.0151. The van der Waals surface area contributed by atoms with E-state index in [9.17, 15) is 9.90 Å². The summed E-state index contributed by atoms with van der Waals surface area (Å²) < 4.78 is 18.4. The number of ether oxygens (including phenoxy) is 3. The fourth-order valence-electron chi connectivity index (χ4n) is 2.89. The van der Waals surface area contributed by atoms with Crippen LogP contribution in [-0.4, -0.2) is 31.4 Å². The molecule has 1 aliphatic heterocycles. The first-order valence-electron chi connectivity index (χ1n) is 8.08. The molecule has 1 N–H and O–H groups in total. The lowest BCUT2D eigenvalue weighted by atomic mass is 9.98. The molecule has 2 unspecified atom stereocenters. The van der Waals surface area contributed by atoms with E-state index < -0.39 is 6.10 Å². The summed E-state index contributed by atoms with van der Waals surface area (Å²) in [6, 6.07) is 11.5. The largest absolute Gasteiger partial charge is 0.492 e. The maximum Gasteiger partial charge on any atom is 0.306 e. The van der Waals surface area contributed by atoms with Crippen molar-refractivity contribution < 1.29 is 24.1 Å². The van der Waals surface area contributed by atoms with Crippen LogP contribution in [0, 0.1) is 3.57 Å². The van der Waals surface area contributed by atoms with Crippen molar-refractivity contribution in [3.63, 3.8) is 0 Å². The van der Waals surface area contributed by atoms with Crippen molar-refractivity contribution in [3.05, 3.63) is 55.6 Å². The molecule has 0 spiro atoms. The van der Waals surface area contributed by atoms with Crippen LogP contribution in [0.5, 0.6) is 11.5 Å². The molecule has 5 nitrogen and oxygen atoms in total. The summed E-state index contributed by atoms with van der Waals surface area (Å²) in [6.45, 7) is 0.300. The zero-order valence-electron chi connectivity index (χ0n) is 14.1. The van der Waals surface area contributed by atoms with Crippen LogP contribution in [0.25, 0.3) is 0 Å². The van der Waals surface area contributed by atoms with Crippen LogP contribution in [0.3, 0.4) is 0 Å². The lowest BCUT2D eigenvalue weighted by Gasteiger charge is -2.19. The minimum Gasteiger partial charge on any atom is -0.492 e. The number of carbonyl (C=O) groups is 1. The summed E-state index contributed by atoms with van der Waals surface area (Å²) in [5, 5.41) is 9.76. The van der Waals surface area contributed by atoms with Gasteiger partial charge in [-0.05, 0) is 46.4 Å². The number of aliphatic hydroxyl groups is 1. The van der Waals surface area contributed by atoms with E-state index in [1.165, 1.54) is 7.11 Å². The number of aliphatic hydroxyl groups excluding tert-OH is 1. The molecule has 0 amide bonds. The Kier molecular flexibility index (Phi) is 6.42. The van der Waals surface area contributed by atoms with Crippen LogP contribution in [-0.2, 0) is 9.53 Å². The molecule has 0 aromatic heterocycles. The molecule has 26 heavy (non-hydrogen) atoms. The standard InChI is InChI=1S/C19H18BrIO5/c1-24-19(23)6-12-10-25-16-8-17(15(21)7-14(12)16)26-18(9-22)11-3-2-4-13(20)5-11/h2-5,7-8,12,18,22H,6,9-10H2,1H3. The third kappa shape index (κ3) is 4.32. The molecule has 0 radical (unpaired) electrons. The SMILES string of the molecule is COC(=O)CC1COc2cc(OC(CO)c3cccc(Br)c3)c(I)cc21. The molecule has 2 aromatic rings. The topological polar surface area (TPSA) is 65.0 Å². The molecule has 0 saturated carbocycles. The molecule has 2 aromatic carbocycles. The van der Waals surface area contributed by atoms with Gasteiger partial charge in [0.25, 0.3) is 0 Å². The molecular weight excluding hydrogens is 515 g/mol. The van der Waals surface area contributed by atoms with Crippen molar-refractivity contribution in [1.82, 2.24) is 0 Å². The zero-order chi connectivity index (χ0) is 18.7. The third-order valence-electron chi connectivity index (χ3n) is 4.24. The first kappa shape index (κ1) is 19.4. The van der Waals surface area contributed by atoms with Gasteiger partial charge in [-0.1, -0.05) is 28.1 Å². The molecule has 1 heterocycles. The number of carbonyl (C=O) groups excluding carboxylic acids is 1. The molecule has 1 aliphatic rings. The van der Waals surface area contributed by atoms with Crippen LogP contribution in [0.15, 0.2) is 40.9 Å². The highest BCUT2D eigenvalue weighted by Gasteiger charge is 2.29. The second kappa shape index (κ2) is 8.58. The van der Waals surface area contributed by atoms with Crippen LogP contribution < -0.4 is 9.47 Å². The van der Waals surface area contributed by atoms with Gasteiger partial charge in [-0.25, -0.2) is 0 Å². The van der Waals surface area contributed by atoms with E-state index >= 15 is 0 Å². The van der Waals surface area contributed by atoms with E-state index in [4.69, 9.17) is 14.2 Å². The summed E-state index contributed by atoms with van der Waals surface area (Å²) in [5.74, 6) is 1.08. The van der Waals surface area contributed by atoms with Crippen LogP contribution >= 0.6 is 38.5 Å². The Labute approximate surface area is 173 Å². The molecule has 138 valence electrons. The van der Waals surface area contributed by atoms with Gasteiger partial charge in [0.05, 0.1) is 30.3 Å². The van der Waals surface area contributed by atoms with E-state index in [0.717, 1.165) is 19.2 Å². The smallest absolute Gasteiger partial charge is 0.306 e. The molecule has 0 aliphatic carbocycles. The Morgan fingerprint density at radius 2 is 2.23 bits per heavy atom. The highest BCUT2D eigenvalue weighted by Crippen LogP contribution is 2.41. The normalized spacial score (nSPS) is 16.5. The van der Waals surface area contributed by atoms with Gasteiger partial charge in [-0.2, -0.15) is 0 Å². The fraction of sp³-hybridized carbons (Fsp3) is 0.316. The molecule has 0 saturated heterocycles. The van der Waals surface area contributed by atoms with Gasteiger partial charge in [0.1, 0.15) is 17.6 Å². The highest BCUT2D eigenvalue weighted by atomic mass is 127. The van der Waals surface area contributed by atoms with Gasteiger partial charge < -0.3 is 19.3 Å². The van der Waals surface area contributed by atoms with E-state index in [1.54, 1.807) is 0 Å². The molecule has 3 rings (SSSR count). The van der Waals surface area contributed by atoms with Crippen LogP contribution in [0.2, 0.25) is 0 Å². The van der Waals surface area contributed by atoms with Gasteiger partial charge in [0.15, 0.2) is 0 Å². The van der Waals surface area contributed by atoms with Crippen molar-refractivity contribution in [2.45, 2.75) is 18.4 Å². The zero-order valence-corrected chi connectivity index (χ0v) is 17.8. The Morgan fingerprint density at radius 3 is 2.92 bits per heavy atom. The molecule has 0 bridgehead atoms. The van der Waals surface area contributed by atoms with E-state index in [0.29, 0.717) is 18.1 Å². The maximum atomic E-state index is 11.6. The number of rotatable bonds is 6. The lowest BCUT2D eigenvalue weighted by molar-refractivity contribution is -0.141. The number of esters is 1. The quantitative estimate of drug-likeness (QED) is 0.446. The Morgan fingerprint density at radius 1 is 1.42 bits per heavy atom. The summed E-state index contributed by atoms with van der Waals surface area (Å²) in [4.78, 5) is 11.6. The summed E-state index contributed by atoms with van der Waals surface area (Å²) >= 11 is 5.63. The first-order chi connectivity index (χ1) is 12.5. The van der Waals surface area contributed by atoms with Crippen LogP contribution in [0.4, 0.5) is 0 Å². The second-order valence-electron chi connectivity index (χ2n) is 5.95. The van der Waals surface area contributed by atoms with Gasteiger partial charge >= 0.3 is 5.97 Å². The van der Waals surface area contributed by atoms with Crippen molar-refractivity contribution >= 4 is 44.5 Å². The minimum atomic E-state index is -0.480. The van der Waals surface area contributed by atoms with Gasteiger partial charge in [-0.15, -0.1) is 0 Å². The average Bonchev–Trinajstić information content (AvgIpc) is 3.01. The van der Waals surface area contributed by atoms with Crippen molar-refractivity contribution in [2.75, 3.05) is 20.3 Å². The highest BCUT2D eigenvalue weighted by molar-refractivity contribution is 14.1. The Bertz CT molecular complexity index is 811. The lowest BCUT2D eigenvalue weighted by Crippen LogP contribution is -2.13. The maximum absolute atomic E-state index is 11.6. The number of hydrogen-bond donors (Lipinski definition) is 1. The number of fused-ring (bicyclic) bond motifs is 1. The summed E-state index contributed by atoms with van der Waals surface area (Å²) in [7, 11) is 1.39. The number of methoxy groups -OCH3 is 1. The van der Waals surface area contributed by atoms with E-state index in [2.05, 4.69) is 38.5 Å². The van der Waals surface area contributed by atoms with Gasteiger partial charge in [-0.3, -0.25) is 4.79 Å². The molecule has 2 atom stereocenters. The Balaban J connectivity index is 1.82. The second-order valence-corrected chi connectivity index (χ2v) is 8.03. The third-order valence-corrected chi connectivity index (χ3v) is 5.58. The Hall–Kier alpha value is -1.32. The molecule has 7 heteroatoms. The number of hydrogen-bond acceptors (Lipinski definition) is 5. The average molecular weight is 533 g/mol. The number of benzene rings is 2. The summed E-state index contributed by atoms with van der Waals surface area (Å²) in [5.41, 5.74) is 1.86. The van der Waals surface area contributed by atoms with Crippen molar-refractivity contribution in [1.29, 1.82) is 0 Å². The van der Waals surface area contributed by atoms with Gasteiger partial charge in [0.2, 0.25) is 0 Å². The number of halogens is 2. The van der Waals surface area contributed by atoms with Crippen molar-refractivity contribution in [2.24, 2.45) is 0 Å². The molecule has 0 fully saturated rings. The van der Waals surface area contributed by atoms with E-state index in [1.807, 2.05) is 36.4 Å². The fourth-order valence-corrected chi connectivity index (χ4v) is 3.92.